The maximum absolute atomic E-state index is 14.1. The number of rotatable bonds is 5. The highest BCUT2D eigenvalue weighted by molar-refractivity contribution is 7.89. The van der Waals surface area contributed by atoms with E-state index >= 15 is 0 Å². The summed E-state index contributed by atoms with van der Waals surface area (Å²) in [5, 5.41) is 0. The Kier molecular flexibility index (Phi) is 5.33. The van der Waals surface area contributed by atoms with Gasteiger partial charge in [0.1, 0.15) is 5.41 Å². The first-order chi connectivity index (χ1) is 12.8. The smallest absolute Gasteiger partial charge is 0.266 e. The number of sulfonamides is 1. The van der Waals surface area contributed by atoms with E-state index in [1.165, 1.54) is 12.1 Å². The molecule has 0 N–H and O–H groups in total. The quantitative estimate of drug-likeness (QED) is 0.776. The fourth-order valence-corrected chi connectivity index (χ4v) is 4.97. The highest BCUT2D eigenvalue weighted by Gasteiger charge is 2.53. The zero-order valence-corrected chi connectivity index (χ0v) is 15.8. The van der Waals surface area contributed by atoms with E-state index in [1.54, 1.807) is 42.5 Å². The second-order valence-corrected chi connectivity index (χ2v) is 8.78. The van der Waals surface area contributed by atoms with Crippen LogP contribution in [0.1, 0.15) is 24.0 Å². The number of hydrogen-bond acceptors (Lipinski definition) is 3. The lowest BCUT2D eigenvalue weighted by Gasteiger charge is -2.40. The number of nitrogens with zero attached hydrogens (tertiary/aromatic N) is 1. The van der Waals surface area contributed by atoms with Gasteiger partial charge in [0, 0.05) is 6.54 Å². The topological polar surface area (TPSA) is 54.5 Å². The molecular formula is C20H21F2NO3S. The predicted octanol–water partition coefficient (Wildman–Crippen LogP) is 3.80. The number of aryl methyl sites for hydroxylation is 1. The third-order valence-electron chi connectivity index (χ3n) is 5.03. The minimum atomic E-state index is -4.17. The summed E-state index contributed by atoms with van der Waals surface area (Å²) < 4.78 is 54.7. The first-order valence-electron chi connectivity index (χ1n) is 8.73. The number of benzene rings is 2. The molecule has 2 aromatic rings. The number of halogens is 2. The zero-order valence-electron chi connectivity index (χ0n) is 14.9. The van der Waals surface area contributed by atoms with E-state index in [-0.39, 0.29) is 30.7 Å². The molecule has 0 aromatic heterocycles. The second-order valence-electron chi connectivity index (χ2n) is 6.92. The van der Waals surface area contributed by atoms with E-state index in [1.807, 2.05) is 6.92 Å². The van der Waals surface area contributed by atoms with Crippen molar-refractivity contribution >= 4 is 15.9 Å². The predicted molar refractivity (Wildman–Crippen MR) is 97.9 cm³/mol. The van der Waals surface area contributed by atoms with Gasteiger partial charge in [-0.1, -0.05) is 48.0 Å². The van der Waals surface area contributed by atoms with Gasteiger partial charge in [0.2, 0.25) is 5.91 Å². The van der Waals surface area contributed by atoms with Gasteiger partial charge in [-0.25, -0.2) is 21.5 Å². The summed E-state index contributed by atoms with van der Waals surface area (Å²) in [5.74, 6) is -1.02. The van der Waals surface area contributed by atoms with Crippen molar-refractivity contribution in [3.05, 3.63) is 65.7 Å². The molecule has 0 aliphatic carbocycles. The molecule has 1 heterocycles. The van der Waals surface area contributed by atoms with Crippen LogP contribution in [0.25, 0.3) is 0 Å². The van der Waals surface area contributed by atoms with Crippen molar-refractivity contribution in [3.8, 4) is 0 Å². The number of carbonyl (C=O) groups is 1. The van der Waals surface area contributed by atoms with E-state index < -0.39 is 27.8 Å². The van der Waals surface area contributed by atoms with Crippen LogP contribution in [0.5, 0.6) is 0 Å². The molecule has 1 unspecified atom stereocenters. The third-order valence-corrected chi connectivity index (χ3v) is 6.82. The molecule has 1 fully saturated rings. The van der Waals surface area contributed by atoms with E-state index in [2.05, 4.69) is 0 Å². The molecule has 144 valence electrons. The molecule has 1 amide bonds. The van der Waals surface area contributed by atoms with Gasteiger partial charge in [-0.15, -0.1) is 0 Å². The van der Waals surface area contributed by atoms with Crippen molar-refractivity contribution in [2.24, 2.45) is 5.41 Å². The minimum absolute atomic E-state index is 0.0433. The van der Waals surface area contributed by atoms with Crippen LogP contribution in [0, 0.1) is 12.3 Å². The Morgan fingerprint density at radius 3 is 2.30 bits per heavy atom. The molecule has 0 saturated carbocycles. The lowest BCUT2D eigenvalue weighted by Crippen LogP contribution is -2.55. The van der Waals surface area contributed by atoms with Crippen LogP contribution in [0.4, 0.5) is 8.78 Å². The van der Waals surface area contributed by atoms with Crippen molar-refractivity contribution in [1.82, 2.24) is 4.31 Å². The Bertz CT molecular complexity index is 914. The molecule has 27 heavy (non-hydrogen) atoms. The van der Waals surface area contributed by atoms with Gasteiger partial charge in [-0.3, -0.25) is 4.79 Å². The van der Waals surface area contributed by atoms with Crippen molar-refractivity contribution < 1.29 is 22.0 Å². The third kappa shape index (κ3) is 3.60. The maximum atomic E-state index is 14.1. The van der Waals surface area contributed by atoms with Crippen molar-refractivity contribution in [3.63, 3.8) is 0 Å². The highest BCUT2D eigenvalue weighted by Crippen LogP contribution is 2.42. The van der Waals surface area contributed by atoms with Crippen LogP contribution in [-0.4, -0.2) is 31.6 Å². The molecule has 3 rings (SSSR count). The molecule has 0 bridgehead atoms. The number of piperidine rings is 1. The van der Waals surface area contributed by atoms with Crippen LogP contribution in [0.3, 0.4) is 0 Å². The van der Waals surface area contributed by atoms with Gasteiger partial charge < -0.3 is 0 Å². The van der Waals surface area contributed by atoms with Gasteiger partial charge in [0.15, 0.2) is 0 Å². The van der Waals surface area contributed by atoms with Crippen LogP contribution >= 0.6 is 0 Å². The molecule has 1 atom stereocenters. The summed E-state index contributed by atoms with van der Waals surface area (Å²) in [6.45, 7) is 1.72. The minimum Gasteiger partial charge on any atom is -0.273 e. The summed E-state index contributed by atoms with van der Waals surface area (Å²) in [7, 11) is -4.17. The summed E-state index contributed by atoms with van der Waals surface area (Å²) in [6, 6.07) is 14.6. The average Bonchev–Trinajstić information content (AvgIpc) is 2.64. The summed E-state index contributed by atoms with van der Waals surface area (Å²) in [4.78, 5) is 13.0. The van der Waals surface area contributed by atoms with Crippen molar-refractivity contribution in [2.45, 2.75) is 37.5 Å². The summed E-state index contributed by atoms with van der Waals surface area (Å²) in [5.41, 5.74) is -0.581. The fraction of sp³-hybridized carbons (Fsp3) is 0.350. The molecule has 0 radical (unpaired) electrons. The first kappa shape index (κ1) is 19.5. The number of hydrogen-bond donors (Lipinski definition) is 0. The fourth-order valence-electron chi connectivity index (χ4n) is 3.47. The largest absolute Gasteiger partial charge is 0.273 e. The average molecular weight is 393 g/mol. The lowest BCUT2D eigenvalue weighted by molar-refractivity contribution is -0.152. The monoisotopic (exact) mass is 393 g/mol. The molecular weight excluding hydrogens is 372 g/mol. The molecule has 1 aliphatic rings. The molecule has 0 spiro atoms. The Hall–Kier alpha value is -2.28. The standard InChI is InChI=1S/C20H21F2NO3S/c1-15-8-10-17(11-9-15)27(25,26)23-13-5-12-20(18(21)22,19(23)24)14-16-6-3-2-4-7-16/h2-4,6-11,18H,5,12-14H2,1H3. The summed E-state index contributed by atoms with van der Waals surface area (Å²) in [6.07, 6.45) is -2.99. The van der Waals surface area contributed by atoms with Crippen molar-refractivity contribution in [2.75, 3.05) is 6.54 Å². The highest BCUT2D eigenvalue weighted by atomic mass is 32.2. The number of alkyl halides is 2. The van der Waals surface area contributed by atoms with E-state index in [0.29, 0.717) is 9.87 Å². The first-order valence-corrected chi connectivity index (χ1v) is 10.2. The Morgan fingerprint density at radius 2 is 1.70 bits per heavy atom. The molecule has 1 aliphatic heterocycles. The van der Waals surface area contributed by atoms with E-state index in [9.17, 15) is 22.0 Å². The van der Waals surface area contributed by atoms with Crippen LogP contribution < -0.4 is 0 Å². The molecule has 4 nitrogen and oxygen atoms in total. The summed E-state index contributed by atoms with van der Waals surface area (Å²) >= 11 is 0. The Labute approximate surface area is 157 Å². The molecule has 1 saturated heterocycles. The SMILES string of the molecule is Cc1ccc(S(=O)(=O)N2CCCC(Cc3ccccc3)(C(F)F)C2=O)cc1. The lowest BCUT2D eigenvalue weighted by atomic mass is 9.75. The van der Waals surface area contributed by atoms with Gasteiger partial charge in [-0.2, -0.15) is 0 Å². The Balaban J connectivity index is 1.99. The van der Waals surface area contributed by atoms with Crippen LogP contribution in [0.15, 0.2) is 59.5 Å². The van der Waals surface area contributed by atoms with E-state index in [0.717, 1.165) is 5.56 Å². The molecule has 7 heteroatoms. The zero-order chi connectivity index (χ0) is 19.7. The normalized spacial score (nSPS) is 20.9. The van der Waals surface area contributed by atoms with Crippen LogP contribution in [0.2, 0.25) is 0 Å². The van der Waals surface area contributed by atoms with Gasteiger partial charge >= 0.3 is 0 Å². The second kappa shape index (κ2) is 7.38. The maximum Gasteiger partial charge on any atom is 0.266 e. The van der Waals surface area contributed by atoms with Crippen LogP contribution in [-0.2, 0) is 21.2 Å². The van der Waals surface area contributed by atoms with E-state index in [4.69, 9.17) is 0 Å². The van der Waals surface area contributed by atoms with Gasteiger partial charge in [0.25, 0.3) is 16.4 Å². The van der Waals surface area contributed by atoms with Gasteiger partial charge in [-0.05, 0) is 43.9 Å². The Morgan fingerprint density at radius 1 is 1.07 bits per heavy atom. The number of amides is 1. The van der Waals surface area contributed by atoms with Crippen molar-refractivity contribution in [1.29, 1.82) is 0 Å². The number of carbonyl (C=O) groups excluding carboxylic acids is 1. The molecule has 2 aromatic carbocycles. The van der Waals surface area contributed by atoms with Gasteiger partial charge in [0.05, 0.1) is 4.90 Å².